The molecule has 114 valence electrons. The maximum atomic E-state index is 5.20. The van der Waals surface area contributed by atoms with Gasteiger partial charge in [-0.15, -0.1) is 28.3 Å². The summed E-state index contributed by atoms with van der Waals surface area (Å²) >= 11 is 1.64. The predicted molar refractivity (Wildman–Crippen MR) is 97.3 cm³/mol. The Morgan fingerprint density at radius 1 is 1.00 bits per heavy atom. The second-order valence-electron chi connectivity index (χ2n) is 4.64. The summed E-state index contributed by atoms with van der Waals surface area (Å²) in [7, 11) is 3.72. The first kappa shape index (κ1) is 16.5. The predicted octanol–water partition coefficient (Wildman–Crippen LogP) is 4.57. The van der Waals surface area contributed by atoms with Crippen LogP contribution in [0.15, 0.2) is 65.0 Å². The Balaban J connectivity index is 0.00000176. The van der Waals surface area contributed by atoms with Crippen molar-refractivity contribution in [2.75, 3.05) is 7.11 Å². The number of aromatic nitrogens is 1. The van der Waals surface area contributed by atoms with E-state index in [2.05, 4.69) is 27.1 Å². The zero-order chi connectivity index (χ0) is 14.7. The summed E-state index contributed by atoms with van der Waals surface area (Å²) in [6.45, 7) is 0. The van der Waals surface area contributed by atoms with Crippen LogP contribution in [0.2, 0.25) is 0 Å². The standard InChI is InChI=1S/C17H16N2OS.BrH/c1-19-16(13-8-10-15(20-2)11-9-13)12-21-17(19)18-14-6-4-3-5-7-14;/h3-12H,1-2H3;1H. The first-order valence-electron chi connectivity index (χ1n) is 6.66. The lowest BCUT2D eigenvalue weighted by Crippen LogP contribution is -2.10. The lowest BCUT2D eigenvalue weighted by Gasteiger charge is -2.04. The van der Waals surface area contributed by atoms with Crippen LogP contribution in [0, 0.1) is 0 Å². The van der Waals surface area contributed by atoms with E-state index in [9.17, 15) is 0 Å². The maximum Gasteiger partial charge on any atom is 0.190 e. The van der Waals surface area contributed by atoms with Crippen molar-refractivity contribution in [2.45, 2.75) is 0 Å². The Kier molecular flexibility index (Phi) is 5.57. The van der Waals surface area contributed by atoms with Gasteiger partial charge in [0.15, 0.2) is 4.80 Å². The third kappa shape index (κ3) is 3.48. The van der Waals surface area contributed by atoms with Gasteiger partial charge in [-0.3, -0.25) is 0 Å². The van der Waals surface area contributed by atoms with Crippen molar-refractivity contribution < 1.29 is 4.74 Å². The van der Waals surface area contributed by atoms with Crippen LogP contribution in [-0.4, -0.2) is 11.7 Å². The molecule has 2 aromatic carbocycles. The number of hydrogen-bond donors (Lipinski definition) is 0. The van der Waals surface area contributed by atoms with E-state index < -0.39 is 0 Å². The van der Waals surface area contributed by atoms with E-state index >= 15 is 0 Å². The molecule has 1 aromatic heterocycles. The molecule has 0 fully saturated rings. The molecule has 0 saturated carbocycles. The van der Waals surface area contributed by atoms with Crippen LogP contribution in [0.25, 0.3) is 11.3 Å². The molecule has 0 spiro atoms. The minimum Gasteiger partial charge on any atom is -0.497 e. The number of benzene rings is 2. The quantitative estimate of drug-likeness (QED) is 0.657. The minimum atomic E-state index is 0. The zero-order valence-corrected chi connectivity index (χ0v) is 14.9. The second-order valence-corrected chi connectivity index (χ2v) is 5.47. The van der Waals surface area contributed by atoms with Gasteiger partial charge in [0.25, 0.3) is 0 Å². The molecule has 3 aromatic rings. The highest BCUT2D eigenvalue weighted by atomic mass is 79.9. The van der Waals surface area contributed by atoms with Gasteiger partial charge in [0.05, 0.1) is 18.5 Å². The Morgan fingerprint density at radius 2 is 1.68 bits per heavy atom. The molecule has 3 nitrogen and oxygen atoms in total. The minimum absolute atomic E-state index is 0. The fourth-order valence-corrected chi connectivity index (χ4v) is 3.03. The average Bonchev–Trinajstić information content (AvgIpc) is 2.89. The molecule has 0 aliphatic carbocycles. The van der Waals surface area contributed by atoms with Crippen LogP contribution in [0.5, 0.6) is 5.75 Å². The van der Waals surface area contributed by atoms with E-state index in [4.69, 9.17) is 4.74 Å². The molecule has 1 heterocycles. The lowest BCUT2D eigenvalue weighted by atomic mass is 10.1. The normalized spacial score (nSPS) is 11.1. The van der Waals surface area contributed by atoms with Crippen LogP contribution in [-0.2, 0) is 7.05 Å². The van der Waals surface area contributed by atoms with Crippen LogP contribution in [0.1, 0.15) is 0 Å². The second kappa shape index (κ2) is 7.42. The van der Waals surface area contributed by atoms with E-state index in [0.29, 0.717) is 0 Å². The van der Waals surface area contributed by atoms with Crippen LogP contribution in [0.3, 0.4) is 0 Å². The third-order valence-electron chi connectivity index (χ3n) is 3.29. The van der Waals surface area contributed by atoms with Crippen molar-refractivity contribution in [1.29, 1.82) is 0 Å². The van der Waals surface area contributed by atoms with Crippen LogP contribution in [0.4, 0.5) is 5.69 Å². The SMILES string of the molecule is Br.COc1ccc(-c2csc(=Nc3ccccc3)n2C)cc1. The molecule has 5 heteroatoms. The molecule has 0 N–H and O–H groups in total. The summed E-state index contributed by atoms with van der Waals surface area (Å²) < 4.78 is 7.31. The van der Waals surface area contributed by atoms with Gasteiger partial charge in [0.1, 0.15) is 5.75 Å². The van der Waals surface area contributed by atoms with Gasteiger partial charge in [0, 0.05) is 12.4 Å². The number of rotatable bonds is 3. The highest BCUT2D eigenvalue weighted by Crippen LogP contribution is 2.22. The first-order valence-corrected chi connectivity index (χ1v) is 7.54. The fourth-order valence-electron chi connectivity index (χ4n) is 2.11. The van der Waals surface area contributed by atoms with Crippen molar-refractivity contribution in [1.82, 2.24) is 4.57 Å². The molecule has 0 unspecified atom stereocenters. The number of thiazole rings is 1. The van der Waals surface area contributed by atoms with Crippen molar-refractivity contribution in [3.05, 3.63) is 64.8 Å². The zero-order valence-electron chi connectivity index (χ0n) is 12.4. The van der Waals surface area contributed by atoms with Crippen molar-refractivity contribution in [3.63, 3.8) is 0 Å². The van der Waals surface area contributed by atoms with Crippen molar-refractivity contribution >= 4 is 34.0 Å². The average molecular weight is 377 g/mol. The summed E-state index contributed by atoms with van der Waals surface area (Å²) in [5.74, 6) is 0.867. The Morgan fingerprint density at radius 3 is 2.32 bits per heavy atom. The molecule has 0 radical (unpaired) electrons. The Labute approximate surface area is 144 Å². The highest BCUT2D eigenvalue weighted by molar-refractivity contribution is 8.93. The van der Waals surface area contributed by atoms with Gasteiger partial charge in [-0.1, -0.05) is 18.2 Å². The number of para-hydroxylation sites is 1. The van der Waals surface area contributed by atoms with Crippen molar-refractivity contribution in [2.24, 2.45) is 12.0 Å². The van der Waals surface area contributed by atoms with Gasteiger partial charge in [-0.05, 0) is 42.0 Å². The molecule has 22 heavy (non-hydrogen) atoms. The lowest BCUT2D eigenvalue weighted by molar-refractivity contribution is 0.415. The summed E-state index contributed by atoms with van der Waals surface area (Å²) in [5, 5.41) is 2.13. The monoisotopic (exact) mass is 376 g/mol. The van der Waals surface area contributed by atoms with Gasteiger partial charge in [0.2, 0.25) is 0 Å². The molecular weight excluding hydrogens is 360 g/mol. The largest absolute Gasteiger partial charge is 0.497 e. The van der Waals surface area contributed by atoms with E-state index in [1.54, 1.807) is 18.4 Å². The number of ether oxygens (including phenoxy) is 1. The van der Waals surface area contributed by atoms with Crippen LogP contribution >= 0.6 is 28.3 Å². The molecule has 0 saturated heterocycles. The van der Waals surface area contributed by atoms with E-state index in [-0.39, 0.29) is 17.0 Å². The number of halogens is 1. The summed E-state index contributed by atoms with van der Waals surface area (Å²) in [4.78, 5) is 5.66. The number of nitrogens with zero attached hydrogens (tertiary/aromatic N) is 2. The number of methoxy groups -OCH3 is 1. The van der Waals surface area contributed by atoms with E-state index in [1.165, 1.54) is 0 Å². The fraction of sp³-hybridized carbons (Fsp3) is 0.118. The van der Waals surface area contributed by atoms with Gasteiger partial charge < -0.3 is 9.30 Å². The molecule has 0 atom stereocenters. The van der Waals surface area contributed by atoms with Crippen LogP contribution < -0.4 is 9.54 Å². The molecule has 0 bridgehead atoms. The molecule has 0 aliphatic rings. The highest BCUT2D eigenvalue weighted by Gasteiger charge is 2.05. The van der Waals surface area contributed by atoms with E-state index in [1.807, 2.05) is 49.5 Å². The summed E-state index contributed by atoms with van der Waals surface area (Å²) in [5.41, 5.74) is 3.28. The molecule has 0 aliphatic heterocycles. The molecule has 0 amide bonds. The first-order chi connectivity index (χ1) is 10.3. The summed E-state index contributed by atoms with van der Waals surface area (Å²) in [6.07, 6.45) is 0. The topological polar surface area (TPSA) is 26.5 Å². The smallest absolute Gasteiger partial charge is 0.190 e. The van der Waals surface area contributed by atoms with Gasteiger partial charge >= 0.3 is 0 Å². The van der Waals surface area contributed by atoms with Crippen molar-refractivity contribution in [3.8, 4) is 17.0 Å². The van der Waals surface area contributed by atoms with Gasteiger partial charge in [-0.2, -0.15) is 0 Å². The Bertz CT molecular complexity index is 792. The molecule has 3 rings (SSSR count). The maximum absolute atomic E-state index is 5.20. The van der Waals surface area contributed by atoms with Gasteiger partial charge in [-0.25, -0.2) is 4.99 Å². The molecular formula is C17H17BrN2OS. The Hall–Kier alpha value is -1.85. The summed E-state index contributed by atoms with van der Waals surface area (Å²) in [6, 6.07) is 18.1. The van der Waals surface area contributed by atoms with E-state index in [0.717, 1.165) is 27.5 Å². The number of hydrogen-bond acceptors (Lipinski definition) is 3. The third-order valence-corrected chi connectivity index (χ3v) is 4.21.